The molecule has 39 heavy (non-hydrogen) atoms. The minimum atomic E-state index is -2.80. The van der Waals surface area contributed by atoms with Crippen LogP contribution in [0.2, 0.25) is 0 Å². The molecule has 1 heterocycles. The first-order chi connectivity index (χ1) is 18.2. The van der Waals surface area contributed by atoms with Crippen LogP contribution in [-0.4, -0.2) is 55.8 Å². The number of aliphatic hydroxyl groups is 1. The Morgan fingerprint density at radius 1 is 1.15 bits per heavy atom. The molecule has 0 aliphatic carbocycles. The first-order valence-corrected chi connectivity index (χ1v) is 12.7. The monoisotopic (exact) mass is 549 g/mol. The molecule has 11 heteroatoms. The summed E-state index contributed by atoms with van der Waals surface area (Å²) in [4.78, 5) is 19.1. The van der Waals surface area contributed by atoms with Crippen molar-refractivity contribution in [1.29, 1.82) is 0 Å². The van der Waals surface area contributed by atoms with E-state index in [2.05, 4.69) is 10.1 Å². The Labute approximate surface area is 225 Å². The maximum absolute atomic E-state index is 14.8. The number of hydrogen-bond donors (Lipinski definition) is 2. The van der Waals surface area contributed by atoms with E-state index in [-0.39, 0.29) is 36.7 Å². The van der Waals surface area contributed by atoms with Crippen LogP contribution < -0.4 is 5.73 Å². The number of hydrogen-bond acceptors (Lipinski definition) is 5. The number of rotatable bonds is 10. The molecular weight excluding hydrogens is 514 g/mol. The Morgan fingerprint density at radius 3 is 2.44 bits per heavy atom. The standard InChI is InChI=1S/C28H35F4N5O2/c1-16-7-6-8-18(13-16)15-37-26(34-25(35-37)20-14-19(29)9-10-21(20)30)23(28(3,4)5)36(27(39)17(2)38)12-11-22(33)24(31)32/h6-10,13-14,17,22-24,38H,11-12,15,33H2,1-5H3/t17-,22+,23?/m0/s1. The van der Waals surface area contributed by atoms with Crippen molar-refractivity contribution in [3.63, 3.8) is 0 Å². The summed E-state index contributed by atoms with van der Waals surface area (Å²) < 4.78 is 56.8. The van der Waals surface area contributed by atoms with Gasteiger partial charge in [0.25, 0.3) is 12.3 Å². The molecule has 1 aromatic heterocycles. The highest BCUT2D eigenvalue weighted by atomic mass is 19.3. The molecule has 1 amide bonds. The summed E-state index contributed by atoms with van der Waals surface area (Å²) in [5.74, 6) is -2.00. The number of amides is 1. The van der Waals surface area contributed by atoms with Gasteiger partial charge in [-0.2, -0.15) is 5.10 Å². The molecule has 2 aromatic carbocycles. The third kappa shape index (κ3) is 7.42. The van der Waals surface area contributed by atoms with Crippen LogP contribution >= 0.6 is 0 Å². The number of halogens is 4. The fourth-order valence-electron chi connectivity index (χ4n) is 4.45. The lowest BCUT2D eigenvalue weighted by molar-refractivity contribution is -0.145. The van der Waals surface area contributed by atoms with E-state index in [1.807, 2.05) is 52.0 Å². The Kier molecular flexibility index (Phi) is 9.50. The highest BCUT2D eigenvalue weighted by Gasteiger charge is 2.40. The van der Waals surface area contributed by atoms with Crippen LogP contribution in [0.5, 0.6) is 0 Å². The largest absolute Gasteiger partial charge is 0.384 e. The van der Waals surface area contributed by atoms with Crippen LogP contribution in [0, 0.1) is 24.0 Å². The van der Waals surface area contributed by atoms with Crippen molar-refractivity contribution in [2.75, 3.05) is 6.54 Å². The van der Waals surface area contributed by atoms with Crippen LogP contribution in [0.15, 0.2) is 42.5 Å². The lowest BCUT2D eigenvalue weighted by Gasteiger charge is -2.40. The summed E-state index contributed by atoms with van der Waals surface area (Å²) >= 11 is 0. The Hall–Kier alpha value is -3.31. The second kappa shape index (κ2) is 12.3. The van der Waals surface area contributed by atoms with Crippen LogP contribution in [-0.2, 0) is 11.3 Å². The molecule has 0 aliphatic heterocycles. The SMILES string of the molecule is Cc1cccc(Cn2nc(-c3cc(F)ccc3F)nc2C(N(CC[C@@H](N)C(F)F)C(=O)[C@H](C)O)C(C)(C)C)c1. The van der Waals surface area contributed by atoms with Gasteiger partial charge in [0.15, 0.2) is 11.6 Å². The second-order valence-electron chi connectivity index (χ2n) is 10.8. The minimum Gasteiger partial charge on any atom is -0.384 e. The van der Waals surface area contributed by atoms with Gasteiger partial charge in [-0.15, -0.1) is 0 Å². The predicted octanol–water partition coefficient (Wildman–Crippen LogP) is 4.86. The number of nitrogens with two attached hydrogens (primary N) is 1. The van der Waals surface area contributed by atoms with Crippen molar-refractivity contribution < 1.29 is 27.5 Å². The number of aromatic nitrogens is 3. The maximum Gasteiger partial charge on any atom is 0.253 e. The molecule has 3 aromatic rings. The normalized spacial score (nSPS) is 14.4. The fourth-order valence-corrected chi connectivity index (χ4v) is 4.45. The second-order valence-corrected chi connectivity index (χ2v) is 10.8. The average molecular weight is 550 g/mol. The zero-order valence-electron chi connectivity index (χ0n) is 22.7. The Morgan fingerprint density at radius 2 is 1.85 bits per heavy atom. The molecule has 3 atom stereocenters. The predicted molar refractivity (Wildman–Crippen MR) is 140 cm³/mol. The zero-order valence-corrected chi connectivity index (χ0v) is 22.7. The minimum absolute atomic E-state index is 0.0994. The molecule has 0 bridgehead atoms. The molecule has 3 rings (SSSR count). The molecule has 3 N–H and O–H groups in total. The summed E-state index contributed by atoms with van der Waals surface area (Å²) in [6, 6.07) is 8.14. The number of benzene rings is 2. The van der Waals surface area contributed by atoms with Crippen molar-refractivity contribution in [3.8, 4) is 11.4 Å². The number of aryl methyl sites for hydroxylation is 1. The Bertz CT molecular complexity index is 1290. The van der Waals surface area contributed by atoms with Crippen molar-refractivity contribution in [1.82, 2.24) is 19.7 Å². The molecule has 0 radical (unpaired) electrons. The molecule has 0 saturated heterocycles. The van der Waals surface area contributed by atoms with Crippen LogP contribution in [0.25, 0.3) is 11.4 Å². The van der Waals surface area contributed by atoms with E-state index >= 15 is 0 Å². The van der Waals surface area contributed by atoms with Gasteiger partial charge in [0.05, 0.1) is 24.2 Å². The third-order valence-electron chi connectivity index (χ3n) is 6.33. The van der Waals surface area contributed by atoms with Gasteiger partial charge in [0.1, 0.15) is 17.7 Å². The molecule has 0 spiro atoms. The van der Waals surface area contributed by atoms with E-state index in [9.17, 15) is 27.5 Å². The van der Waals surface area contributed by atoms with E-state index in [0.717, 1.165) is 29.3 Å². The lowest BCUT2D eigenvalue weighted by atomic mass is 9.84. The molecule has 0 fully saturated rings. The molecule has 7 nitrogen and oxygen atoms in total. The van der Waals surface area contributed by atoms with Gasteiger partial charge < -0.3 is 15.7 Å². The smallest absolute Gasteiger partial charge is 0.253 e. The van der Waals surface area contributed by atoms with Crippen LogP contribution in [0.3, 0.4) is 0 Å². The number of aliphatic hydroxyl groups excluding tert-OH is 1. The molecular formula is C28H35F4N5O2. The summed E-state index contributed by atoms with van der Waals surface area (Å²) in [6.45, 7) is 8.65. The van der Waals surface area contributed by atoms with Gasteiger partial charge in [-0.1, -0.05) is 50.6 Å². The van der Waals surface area contributed by atoms with Gasteiger partial charge in [-0.05, 0) is 49.4 Å². The number of alkyl halides is 2. The van der Waals surface area contributed by atoms with E-state index in [0.29, 0.717) is 0 Å². The van der Waals surface area contributed by atoms with Crippen molar-refractivity contribution in [2.24, 2.45) is 11.1 Å². The molecule has 0 aliphatic rings. The van der Waals surface area contributed by atoms with Crippen LogP contribution in [0.4, 0.5) is 17.6 Å². The van der Waals surface area contributed by atoms with Gasteiger partial charge in [0.2, 0.25) is 0 Å². The first-order valence-electron chi connectivity index (χ1n) is 12.7. The van der Waals surface area contributed by atoms with E-state index in [1.54, 1.807) is 0 Å². The summed E-state index contributed by atoms with van der Waals surface area (Å²) in [6.07, 6.45) is -4.47. The third-order valence-corrected chi connectivity index (χ3v) is 6.33. The highest BCUT2D eigenvalue weighted by Crippen LogP contribution is 2.39. The summed E-state index contributed by atoms with van der Waals surface area (Å²) in [5, 5.41) is 14.7. The number of carbonyl (C=O) groups excluding carboxylic acids is 1. The topological polar surface area (TPSA) is 97.3 Å². The van der Waals surface area contributed by atoms with E-state index in [1.165, 1.54) is 16.5 Å². The van der Waals surface area contributed by atoms with Gasteiger partial charge in [0, 0.05) is 6.54 Å². The molecule has 0 saturated carbocycles. The van der Waals surface area contributed by atoms with Crippen molar-refractivity contribution >= 4 is 5.91 Å². The van der Waals surface area contributed by atoms with Crippen molar-refractivity contribution in [3.05, 3.63) is 71.1 Å². The lowest BCUT2D eigenvalue weighted by Crippen LogP contribution is -2.48. The highest BCUT2D eigenvalue weighted by molar-refractivity contribution is 5.80. The number of nitrogens with zero attached hydrogens (tertiary/aromatic N) is 4. The van der Waals surface area contributed by atoms with E-state index in [4.69, 9.17) is 5.73 Å². The molecule has 212 valence electrons. The van der Waals surface area contributed by atoms with E-state index < -0.39 is 47.6 Å². The van der Waals surface area contributed by atoms with Crippen molar-refractivity contribution in [2.45, 2.75) is 72.2 Å². The maximum atomic E-state index is 14.8. The zero-order chi connectivity index (χ0) is 29.1. The Balaban J connectivity index is 2.22. The molecule has 1 unspecified atom stereocenters. The quantitative estimate of drug-likeness (QED) is 0.352. The summed E-state index contributed by atoms with van der Waals surface area (Å²) in [5.41, 5.74) is 6.49. The fraction of sp³-hybridized carbons (Fsp3) is 0.464. The number of carbonyl (C=O) groups is 1. The summed E-state index contributed by atoms with van der Waals surface area (Å²) in [7, 11) is 0. The average Bonchev–Trinajstić information content (AvgIpc) is 3.23. The van der Waals surface area contributed by atoms with Gasteiger partial charge >= 0.3 is 0 Å². The van der Waals surface area contributed by atoms with Gasteiger partial charge in [-0.3, -0.25) is 4.79 Å². The first kappa shape index (κ1) is 30.2. The van der Waals surface area contributed by atoms with Crippen LogP contribution in [0.1, 0.15) is 57.1 Å². The van der Waals surface area contributed by atoms with Gasteiger partial charge in [-0.25, -0.2) is 27.2 Å².